The van der Waals surface area contributed by atoms with Gasteiger partial charge in [-0.2, -0.15) is 0 Å². The van der Waals surface area contributed by atoms with Crippen molar-refractivity contribution in [3.63, 3.8) is 0 Å². The van der Waals surface area contributed by atoms with Gasteiger partial charge in [-0.25, -0.2) is 0 Å². The van der Waals surface area contributed by atoms with E-state index in [1.54, 1.807) is 0 Å². The first-order chi connectivity index (χ1) is 12.2. The maximum Gasteiger partial charge on any atom is 0.303 e. The summed E-state index contributed by atoms with van der Waals surface area (Å²) in [6.07, 6.45) is 2.69. The molecule has 1 N–H and O–H groups in total. The minimum atomic E-state index is -0.729. The van der Waals surface area contributed by atoms with E-state index < -0.39 is 5.97 Å². The lowest BCUT2D eigenvalue weighted by atomic mass is 10.1. The van der Waals surface area contributed by atoms with Gasteiger partial charge in [0.15, 0.2) is 0 Å². The number of ether oxygens (including phenoxy) is 1. The Morgan fingerprint density at radius 3 is 2.60 bits per heavy atom. The molecular weight excluding hydrogens is 312 g/mol. The van der Waals surface area contributed by atoms with Crippen molar-refractivity contribution in [1.29, 1.82) is 0 Å². The van der Waals surface area contributed by atoms with Crippen molar-refractivity contribution in [2.75, 3.05) is 0 Å². The molecule has 0 heterocycles. The molecule has 3 rings (SSSR count). The molecule has 3 nitrogen and oxygen atoms in total. The van der Waals surface area contributed by atoms with Gasteiger partial charge in [-0.3, -0.25) is 4.79 Å². The Bertz CT molecular complexity index is 849. The summed E-state index contributed by atoms with van der Waals surface area (Å²) >= 11 is 0. The van der Waals surface area contributed by atoms with Gasteiger partial charge in [0.05, 0.1) is 0 Å². The highest BCUT2D eigenvalue weighted by atomic mass is 16.5. The molecule has 0 bridgehead atoms. The van der Waals surface area contributed by atoms with Gasteiger partial charge < -0.3 is 9.84 Å². The zero-order valence-electron chi connectivity index (χ0n) is 14.2. The van der Waals surface area contributed by atoms with Crippen LogP contribution in [0.5, 0.6) is 5.75 Å². The van der Waals surface area contributed by atoms with E-state index in [4.69, 9.17) is 9.84 Å². The summed E-state index contributed by atoms with van der Waals surface area (Å²) in [5, 5.41) is 11.1. The number of hydrogen-bond acceptors (Lipinski definition) is 2. The van der Waals surface area contributed by atoms with Gasteiger partial charge in [0.25, 0.3) is 0 Å². The van der Waals surface area contributed by atoms with Gasteiger partial charge in [0.1, 0.15) is 12.4 Å². The van der Waals surface area contributed by atoms with E-state index in [1.165, 1.54) is 21.9 Å². The maximum atomic E-state index is 10.6. The second-order valence-electron chi connectivity index (χ2n) is 6.18. The number of benzene rings is 3. The first-order valence-electron chi connectivity index (χ1n) is 8.62. The van der Waals surface area contributed by atoms with Crippen molar-refractivity contribution in [1.82, 2.24) is 0 Å². The third-order valence-corrected chi connectivity index (χ3v) is 4.28. The van der Waals surface area contributed by atoms with Gasteiger partial charge in [0.2, 0.25) is 0 Å². The van der Waals surface area contributed by atoms with Gasteiger partial charge in [-0.05, 0) is 53.3 Å². The molecule has 0 amide bonds. The molecule has 0 aromatic heterocycles. The number of carboxylic acids is 1. The number of unbranched alkanes of at least 4 members (excludes halogenated alkanes) is 1. The summed E-state index contributed by atoms with van der Waals surface area (Å²) in [5.74, 6) is 0.121. The Morgan fingerprint density at radius 2 is 1.72 bits per heavy atom. The van der Waals surface area contributed by atoms with Crippen LogP contribution in [0.3, 0.4) is 0 Å². The summed E-state index contributed by atoms with van der Waals surface area (Å²) in [4.78, 5) is 10.6. The summed E-state index contributed by atoms with van der Waals surface area (Å²) in [7, 11) is 0. The maximum absolute atomic E-state index is 10.6. The Labute approximate surface area is 147 Å². The predicted octanol–water partition coefficient (Wildman–Crippen LogP) is 5.22. The molecule has 0 atom stereocenters. The van der Waals surface area contributed by atoms with E-state index >= 15 is 0 Å². The molecule has 0 saturated heterocycles. The van der Waals surface area contributed by atoms with Gasteiger partial charge in [-0.1, -0.05) is 54.6 Å². The van der Waals surface area contributed by atoms with Crippen LogP contribution in [0.4, 0.5) is 0 Å². The minimum Gasteiger partial charge on any atom is -0.489 e. The molecule has 0 unspecified atom stereocenters. The Kier molecular flexibility index (Phi) is 5.68. The van der Waals surface area contributed by atoms with Crippen LogP contribution in [0.25, 0.3) is 10.8 Å². The molecular formula is C22H22O3. The molecule has 3 aromatic rings. The molecule has 0 saturated carbocycles. The number of aliphatic carboxylic acids is 1. The Morgan fingerprint density at radius 1 is 0.920 bits per heavy atom. The highest BCUT2D eigenvalue weighted by molar-refractivity contribution is 5.85. The van der Waals surface area contributed by atoms with Gasteiger partial charge >= 0.3 is 5.97 Å². The van der Waals surface area contributed by atoms with E-state index in [9.17, 15) is 4.79 Å². The van der Waals surface area contributed by atoms with Crippen LogP contribution in [0.15, 0.2) is 66.7 Å². The normalized spacial score (nSPS) is 10.7. The largest absolute Gasteiger partial charge is 0.489 e. The SMILES string of the molecule is O=C(O)CCCCc1cccc(OCc2cccc3ccccc23)c1. The molecule has 3 aromatic carbocycles. The van der Waals surface area contributed by atoms with E-state index in [2.05, 4.69) is 36.4 Å². The lowest BCUT2D eigenvalue weighted by Gasteiger charge is -2.10. The average Bonchev–Trinajstić information content (AvgIpc) is 2.64. The first-order valence-corrected chi connectivity index (χ1v) is 8.62. The lowest BCUT2D eigenvalue weighted by Crippen LogP contribution is -1.98. The third-order valence-electron chi connectivity index (χ3n) is 4.28. The standard InChI is InChI=1S/C22H22O3/c23-22(24)14-4-1-7-17-8-5-12-20(15-17)25-16-19-11-6-10-18-9-2-3-13-21(18)19/h2-3,5-6,8-13,15H,1,4,7,14,16H2,(H,23,24). The topological polar surface area (TPSA) is 46.5 Å². The van der Waals surface area contributed by atoms with Crippen molar-refractivity contribution in [3.8, 4) is 5.75 Å². The highest BCUT2D eigenvalue weighted by Gasteiger charge is 2.03. The molecule has 0 fully saturated rings. The second kappa shape index (κ2) is 8.34. The van der Waals surface area contributed by atoms with Crippen LogP contribution in [-0.2, 0) is 17.8 Å². The zero-order valence-corrected chi connectivity index (χ0v) is 14.2. The summed E-state index contributed by atoms with van der Waals surface area (Å²) < 4.78 is 5.99. The van der Waals surface area contributed by atoms with Crippen molar-refractivity contribution in [2.45, 2.75) is 32.3 Å². The number of carbonyl (C=O) groups is 1. The molecule has 0 aliphatic heterocycles. The lowest BCUT2D eigenvalue weighted by molar-refractivity contribution is -0.137. The predicted molar refractivity (Wildman–Crippen MR) is 99.9 cm³/mol. The molecule has 0 aliphatic rings. The minimum absolute atomic E-state index is 0.233. The van der Waals surface area contributed by atoms with E-state index in [0.29, 0.717) is 13.0 Å². The number of carboxylic acid groups (broad SMARTS) is 1. The summed E-state index contributed by atoms with van der Waals surface area (Å²) in [6.45, 7) is 0.532. The molecule has 25 heavy (non-hydrogen) atoms. The highest BCUT2D eigenvalue weighted by Crippen LogP contribution is 2.21. The third kappa shape index (κ3) is 4.83. The second-order valence-corrected chi connectivity index (χ2v) is 6.18. The fourth-order valence-electron chi connectivity index (χ4n) is 2.98. The van der Waals surface area contributed by atoms with E-state index in [-0.39, 0.29) is 6.42 Å². The van der Waals surface area contributed by atoms with Crippen molar-refractivity contribution >= 4 is 16.7 Å². The van der Waals surface area contributed by atoms with Crippen LogP contribution >= 0.6 is 0 Å². The zero-order chi connectivity index (χ0) is 17.5. The molecule has 0 radical (unpaired) electrons. The molecule has 3 heteroatoms. The molecule has 0 aliphatic carbocycles. The van der Waals surface area contributed by atoms with Crippen molar-refractivity contribution in [2.24, 2.45) is 0 Å². The van der Waals surface area contributed by atoms with Gasteiger partial charge in [-0.15, -0.1) is 0 Å². The van der Waals surface area contributed by atoms with Crippen molar-refractivity contribution < 1.29 is 14.6 Å². The Hall–Kier alpha value is -2.81. The summed E-state index contributed by atoms with van der Waals surface area (Å²) in [6, 6.07) is 22.6. The van der Waals surface area contributed by atoms with Crippen molar-refractivity contribution in [3.05, 3.63) is 77.9 Å². The smallest absolute Gasteiger partial charge is 0.303 e. The van der Waals surface area contributed by atoms with Crippen LogP contribution in [-0.4, -0.2) is 11.1 Å². The summed E-state index contributed by atoms with van der Waals surface area (Å²) in [5.41, 5.74) is 2.35. The first kappa shape index (κ1) is 17.0. The molecule has 0 spiro atoms. The number of aryl methyl sites for hydroxylation is 1. The number of hydrogen-bond donors (Lipinski definition) is 1. The van der Waals surface area contributed by atoms with Crippen LogP contribution in [0, 0.1) is 0 Å². The fourth-order valence-corrected chi connectivity index (χ4v) is 2.98. The molecule has 128 valence electrons. The number of rotatable bonds is 8. The van der Waals surface area contributed by atoms with E-state index in [0.717, 1.165) is 18.6 Å². The van der Waals surface area contributed by atoms with Crippen LogP contribution in [0.2, 0.25) is 0 Å². The quantitative estimate of drug-likeness (QED) is 0.575. The Balaban J connectivity index is 1.61. The van der Waals surface area contributed by atoms with Crippen LogP contribution in [0.1, 0.15) is 30.4 Å². The van der Waals surface area contributed by atoms with E-state index in [1.807, 2.05) is 30.3 Å². The monoisotopic (exact) mass is 334 g/mol. The fraction of sp³-hybridized carbons (Fsp3) is 0.227. The van der Waals surface area contributed by atoms with Crippen LogP contribution < -0.4 is 4.74 Å². The average molecular weight is 334 g/mol. The van der Waals surface area contributed by atoms with Gasteiger partial charge in [0, 0.05) is 6.42 Å². The number of fused-ring (bicyclic) bond motifs is 1.